The average molecular weight is 363 g/mol. The van der Waals surface area contributed by atoms with Crippen molar-refractivity contribution in [3.8, 4) is 5.75 Å². The van der Waals surface area contributed by atoms with Crippen molar-refractivity contribution in [1.82, 2.24) is 0 Å². The highest BCUT2D eigenvalue weighted by molar-refractivity contribution is 6.22. The number of hydrogen-bond acceptors (Lipinski definition) is 4. The first kappa shape index (κ1) is 17.5. The Labute approximate surface area is 157 Å². The zero-order chi connectivity index (χ0) is 19.0. The van der Waals surface area contributed by atoms with Gasteiger partial charge in [-0.1, -0.05) is 37.1 Å². The fourth-order valence-corrected chi connectivity index (χ4v) is 4.07. The number of ether oxygens (including phenoxy) is 1. The van der Waals surface area contributed by atoms with Gasteiger partial charge in [-0.05, 0) is 43.5 Å². The lowest BCUT2D eigenvalue weighted by Gasteiger charge is -2.19. The average Bonchev–Trinajstić information content (AvgIpc) is 2.93. The Morgan fingerprint density at radius 2 is 1.63 bits per heavy atom. The maximum atomic E-state index is 12.7. The van der Waals surface area contributed by atoms with E-state index in [9.17, 15) is 14.4 Å². The van der Waals surface area contributed by atoms with Gasteiger partial charge in [0.05, 0.1) is 23.1 Å². The van der Waals surface area contributed by atoms with Gasteiger partial charge in [0.1, 0.15) is 5.75 Å². The first-order valence-electron chi connectivity index (χ1n) is 9.32. The summed E-state index contributed by atoms with van der Waals surface area (Å²) in [5, 5.41) is 0. The van der Waals surface area contributed by atoms with Crippen LogP contribution in [0, 0.1) is 18.8 Å². The van der Waals surface area contributed by atoms with Crippen molar-refractivity contribution in [3.63, 3.8) is 0 Å². The van der Waals surface area contributed by atoms with Crippen LogP contribution in [-0.2, 0) is 9.59 Å². The summed E-state index contributed by atoms with van der Waals surface area (Å²) in [6.45, 7) is 1.84. The third kappa shape index (κ3) is 3.14. The standard InChI is InChI=1S/C22H21NO4/c1-14-7-2-3-10-17(14)22(26)27-16-9-6-8-15(13-16)23-20(24)18-11-4-5-12-19(18)21(23)25/h2-3,6-10,13,18-19H,4-5,11-12H2,1H3. The van der Waals surface area contributed by atoms with Crippen molar-refractivity contribution in [2.75, 3.05) is 4.90 Å². The van der Waals surface area contributed by atoms with E-state index in [2.05, 4.69) is 0 Å². The van der Waals surface area contributed by atoms with Crippen molar-refractivity contribution in [1.29, 1.82) is 0 Å². The molecule has 1 aliphatic heterocycles. The number of esters is 1. The molecule has 2 atom stereocenters. The Morgan fingerprint density at radius 3 is 2.30 bits per heavy atom. The van der Waals surface area contributed by atoms with Crippen LogP contribution in [0.1, 0.15) is 41.6 Å². The smallest absolute Gasteiger partial charge is 0.343 e. The number of aryl methyl sites for hydroxylation is 1. The van der Waals surface area contributed by atoms with E-state index in [1.165, 1.54) is 4.90 Å². The Hall–Kier alpha value is -2.95. The Bertz CT molecular complexity index is 896. The van der Waals surface area contributed by atoms with E-state index in [0.717, 1.165) is 31.2 Å². The molecule has 2 aromatic carbocycles. The van der Waals surface area contributed by atoms with Gasteiger partial charge < -0.3 is 4.74 Å². The molecule has 0 radical (unpaired) electrons. The highest BCUT2D eigenvalue weighted by Crippen LogP contribution is 2.40. The summed E-state index contributed by atoms with van der Waals surface area (Å²) in [7, 11) is 0. The number of amides is 2. The summed E-state index contributed by atoms with van der Waals surface area (Å²) in [6, 6.07) is 13.8. The second-order valence-corrected chi connectivity index (χ2v) is 7.21. The summed E-state index contributed by atoms with van der Waals surface area (Å²) in [4.78, 5) is 39.2. The van der Waals surface area contributed by atoms with Crippen molar-refractivity contribution in [3.05, 3.63) is 59.7 Å². The molecule has 2 aliphatic rings. The Balaban J connectivity index is 1.58. The maximum Gasteiger partial charge on any atom is 0.343 e. The van der Waals surface area contributed by atoms with Gasteiger partial charge in [0.2, 0.25) is 11.8 Å². The number of imide groups is 1. The molecule has 2 fully saturated rings. The zero-order valence-corrected chi connectivity index (χ0v) is 15.2. The van der Waals surface area contributed by atoms with Gasteiger partial charge >= 0.3 is 5.97 Å². The van der Waals surface area contributed by atoms with Gasteiger partial charge in [-0.25, -0.2) is 9.69 Å². The lowest BCUT2D eigenvalue weighted by Crippen LogP contribution is -2.30. The molecule has 138 valence electrons. The molecule has 1 saturated carbocycles. The minimum atomic E-state index is -0.460. The number of fused-ring (bicyclic) bond motifs is 1. The van der Waals surface area contributed by atoms with Crippen LogP contribution in [0.2, 0.25) is 0 Å². The Morgan fingerprint density at radius 1 is 0.963 bits per heavy atom. The summed E-state index contributed by atoms with van der Waals surface area (Å²) < 4.78 is 5.48. The van der Waals surface area contributed by atoms with Crippen LogP contribution >= 0.6 is 0 Å². The van der Waals surface area contributed by atoms with Gasteiger partial charge in [-0.3, -0.25) is 9.59 Å². The van der Waals surface area contributed by atoms with Gasteiger partial charge in [-0.2, -0.15) is 0 Å². The molecule has 2 aromatic rings. The van der Waals surface area contributed by atoms with E-state index in [0.29, 0.717) is 17.0 Å². The molecular formula is C22H21NO4. The summed E-state index contributed by atoms with van der Waals surface area (Å²) in [5.41, 5.74) is 1.78. The predicted octanol–water partition coefficient (Wildman–Crippen LogP) is 3.89. The third-order valence-corrected chi connectivity index (χ3v) is 5.49. The minimum absolute atomic E-state index is 0.132. The van der Waals surface area contributed by atoms with E-state index >= 15 is 0 Å². The highest BCUT2D eigenvalue weighted by atomic mass is 16.5. The number of carbonyl (C=O) groups excluding carboxylic acids is 3. The van der Waals surface area contributed by atoms with E-state index in [4.69, 9.17) is 4.74 Å². The molecule has 1 aliphatic carbocycles. The summed E-state index contributed by atoms with van der Waals surface area (Å²) in [6.07, 6.45) is 3.52. The molecule has 1 heterocycles. The minimum Gasteiger partial charge on any atom is -0.423 e. The Kier molecular flexibility index (Phi) is 4.52. The van der Waals surface area contributed by atoms with Crippen molar-refractivity contribution < 1.29 is 19.1 Å². The van der Waals surface area contributed by atoms with E-state index < -0.39 is 5.97 Å². The second-order valence-electron chi connectivity index (χ2n) is 7.21. The first-order valence-corrected chi connectivity index (χ1v) is 9.32. The molecule has 0 N–H and O–H groups in total. The van der Waals surface area contributed by atoms with Crippen LogP contribution in [0.5, 0.6) is 5.75 Å². The van der Waals surface area contributed by atoms with Crippen LogP contribution < -0.4 is 9.64 Å². The third-order valence-electron chi connectivity index (χ3n) is 5.49. The van der Waals surface area contributed by atoms with Gasteiger partial charge in [0.25, 0.3) is 0 Å². The number of anilines is 1. The molecule has 0 spiro atoms. The van der Waals surface area contributed by atoms with Crippen LogP contribution in [0.25, 0.3) is 0 Å². The number of benzene rings is 2. The lowest BCUT2D eigenvalue weighted by molar-refractivity contribution is -0.122. The van der Waals surface area contributed by atoms with Crippen LogP contribution in [0.4, 0.5) is 5.69 Å². The molecule has 0 aromatic heterocycles. The SMILES string of the molecule is Cc1ccccc1C(=O)Oc1cccc(N2C(=O)C3CCCCC3C2=O)c1. The normalized spacial score (nSPS) is 21.9. The van der Waals surface area contributed by atoms with E-state index in [1.807, 2.05) is 19.1 Å². The van der Waals surface area contributed by atoms with Gasteiger partial charge in [0, 0.05) is 6.07 Å². The van der Waals surface area contributed by atoms with Crippen LogP contribution in [-0.4, -0.2) is 17.8 Å². The largest absolute Gasteiger partial charge is 0.423 e. The van der Waals surface area contributed by atoms with Crippen LogP contribution in [0.15, 0.2) is 48.5 Å². The fraction of sp³-hybridized carbons (Fsp3) is 0.318. The molecule has 27 heavy (non-hydrogen) atoms. The number of carbonyl (C=O) groups is 3. The van der Waals surface area contributed by atoms with Gasteiger partial charge in [-0.15, -0.1) is 0 Å². The first-order chi connectivity index (χ1) is 13.1. The lowest BCUT2D eigenvalue weighted by atomic mass is 9.81. The molecule has 1 saturated heterocycles. The molecule has 5 nitrogen and oxygen atoms in total. The molecule has 2 amide bonds. The van der Waals surface area contributed by atoms with Crippen molar-refractivity contribution >= 4 is 23.5 Å². The fourth-order valence-electron chi connectivity index (χ4n) is 4.07. The van der Waals surface area contributed by atoms with E-state index in [1.54, 1.807) is 36.4 Å². The number of hydrogen-bond donors (Lipinski definition) is 0. The van der Waals surface area contributed by atoms with Crippen molar-refractivity contribution in [2.24, 2.45) is 11.8 Å². The maximum absolute atomic E-state index is 12.7. The second kappa shape index (κ2) is 6.99. The van der Waals surface area contributed by atoms with E-state index in [-0.39, 0.29) is 23.7 Å². The predicted molar refractivity (Wildman–Crippen MR) is 101 cm³/mol. The monoisotopic (exact) mass is 363 g/mol. The molecule has 0 bridgehead atoms. The van der Waals surface area contributed by atoms with Crippen LogP contribution in [0.3, 0.4) is 0 Å². The quantitative estimate of drug-likeness (QED) is 0.471. The molecule has 4 rings (SSSR count). The highest BCUT2D eigenvalue weighted by Gasteiger charge is 2.48. The zero-order valence-electron chi connectivity index (χ0n) is 15.2. The number of nitrogens with zero attached hydrogens (tertiary/aromatic N) is 1. The van der Waals surface area contributed by atoms with Crippen molar-refractivity contribution in [2.45, 2.75) is 32.6 Å². The summed E-state index contributed by atoms with van der Waals surface area (Å²) >= 11 is 0. The molecule has 2 unspecified atom stereocenters. The summed E-state index contributed by atoms with van der Waals surface area (Å²) in [5.74, 6) is -0.817. The topological polar surface area (TPSA) is 63.7 Å². The molecular weight excluding hydrogens is 342 g/mol. The number of rotatable bonds is 3. The molecule has 5 heteroatoms. The van der Waals surface area contributed by atoms with Gasteiger partial charge in [0.15, 0.2) is 0 Å².